The lowest BCUT2D eigenvalue weighted by molar-refractivity contribution is 0.598. The highest BCUT2D eigenvalue weighted by Gasteiger charge is 2.12. The normalized spacial score (nSPS) is 10.9. The molecule has 0 fully saturated rings. The third-order valence-electron chi connectivity index (χ3n) is 1.92. The molecule has 0 saturated carbocycles. The number of hydrogen-bond acceptors (Lipinski definition) is 3. The monoisotopic (exact) mass is 209 g/mol. The standard InChI is InChI=1S/C10H11NO2S/c1-9-4-2-3-5-10(9)8-14(12,13)7-6-11/h2-5H,7-8H2,1H3. The van der Waals surface area contributed by atoms with Gasteiger partial charge in [-0.15, -0.1) is 0 Å². The summed E-state index contributed by atoms with van der Waals surface area (Å²) in [5.41, 5.74) is 1.71. The summed E-state index contributed by atoms with van der Waals surface area (Å²) < 4.78 is 22.7. The molecule has 0 aliphatic heterocycles. The first-order chi connectivity index (χ1) is 6.55. The third-order valence-corrected chi connectivity index (χ3v) is 3.24. The molecule has 3 nitrogen and oxygen atoms in total. The fourth-order valence-corrected chi connectivity index (χ4v) is 2.25. The van der Waals surface area contributed by atoms with Crippen LogP contribution in [0.15, 0.2) is 24.3 Å². The first-order valence-electron chi connectivity index (χ1n) is 4.17. The van der Waals surface area contributed by atoms with Crippen molar-refractivity contribution in [1.29, 1.82) is 5.26 Å². The highest BCUT2D eigenvalue weighted by Crippen LogP contribution is 2.11. The van der Waals surface area contributed by atoms with Crippen molar-refractivity contribution in [2.75, 3.05) is 5.75 Å². The lowest BCUT2D eigenvalue weighted by Crippen LogP contribution is -2.08. The summed E-state index contributed by atoms with van der Waals surface area (Å²) in [5.74, 6) is -0.464. The van der Waals surface area contributed by atoms with Gasteiger partial charge in [-0.2, -0.15) is 5.26 Å². The lowest BCUT2D eigenvalue weighted by atomic mass is 10.1. The Morgan fingerprint density at radius 2 is 2.00 bits per heavy atom. The van der Waals surface area contributed by atoms with Crippen LogP contribution in [0.25, 0.3) is 0 Å². The van der Waals surface area contributed by atoms with Gasteiger partial charge in [0.2, 0.25) is 0 Å². The zero-order valence-electron chi connectivity index (χ0n) is 7.90. The van der Waals surface area contributed by atoms with Gasteiger partial charge in [-0.1, -0.05) is 24.3 Å². The molecule has 1 aromatic carbocycles. The highest BCUT2D eigenvalue weighted by atomic mass is 32.2. The van der Waals surface area contributed by atoms with Crippen molar-refractivity contribution in [3.8, 4) is 6.07 Å². The molecule has 0 bridgehead atoms. The Hall–Kier alpha value is -1.34. The molecule has 74 valence electrons. The van der Waals surface area contributed by atoms with E-state index in [1.807, 2.05) is 19.1 Å². The van der Waals surface area contributed by atoms with Crippen LogP contribution in [0.2, 0.25) is 0 Å². The van der Waals surface area contributed by atoms with Crippen molar-refractivity contribution >= 4 is 9.84 Å². The van der Waals surface area contributed by atoms with E-state index in [0.717, 1.165) is 11.1 Å². The molecule has 0 heterocycles. The molecule has 0 aliphatic rings. The van der Waals surface area contributed by atoms with Gasteiger partial charge in [0.1, 0.15) is 5.75 Å². The van der Waals surface area contributed by atoms with E-state index in [1.54, 1.807) is 18.2 Å². The summed E-state index contributed by atoms with van der Waals surface area (Å²) in [6, 6.07) is 8.94. The Morgan fingerprint density at radius 3 is 2.57 bits per heavy atom. The molecule has 4 heteroatoms. The summed E-state index contributed by atoms with van der Waals surface area (Å²) in [6.07, 6.45) is 0. The molecule has 0 unspecified atom stereocenters. The van der Waals surface area contributed by atoms with E-state index in [2.05, 4.69) is 0 Å². The topological polar surface area (TPSA) is 57.9 Å². The van der Waals surface area contributed by atoms with E-state index in [9.17, 15) is 8.42 Å². The number of benzene rings is 1. The highest BCUT2D eigenvalue weighted by molar-refractivity contribution is 7.90. The number of hydrogen-bond donors (Lipinski definition) is 0. The minimum atomic E-state index is -3.27. The number of rotatable bonds is 3. The van der Waals surface area contributed by atoms with Crippen molar-refractivity contribution < 1.29 is 8.42 Å². The zero-order valence-corrected chi connectivity index (χ0v) is 8.71. The first-order valence-corrected chi connectivity index (χ1v) is 5.99. The largest absolute Gasteiger partial charge is 0.227 e. The van der Waals surface area contributed by atoms with Gasteiger partial charge in [0.25, 0.3) is 0 Å². The fourth-order valence-electron chi connectivity index (χ4n) is 1.16. The van der Waals surface area contributed by atoms with Crippen LogP contribution in [-0.2, 0) is 15.6 Å². The van der Waals surface area contributed by atoms with E-state index in [0.29, 0.717) is 0 Å². The molecule has 0 amide bonds. The summed E-state index contributed by atoms with van der Waals surface area (Å²) >= 11 is 0. The Morgan fingerprint density at radius 1 is 1.36 bits per heavy atom. The van der Waals surface area contributed by atoms with E-state index < -0.39 is 15.6 Å². The average Bonchev–Trinajstić information content (AvgIpc) is 2.08. The lowest BCUT2D eigenvalue weighted by Gasteiger charge is -2.03. The molecule has 0 saturated heterocycles. The zero-order chi connectivity index (χ0) is 10.6. The maximum absolute atomic E-state index is 11.3. The van der Waals surface area contributed by atoms with Gasteiger partial charge >= 0.3 is 0 Å². The predicted molar refractivity (Wildman–Crippen MR) is 54.3 cm³/mol. The number of nitrogens with zero attached hydrogens (tertiary/aromatic N) is 1. The Balaban J connectivity index is 2.91. The molecule has 1 aromatic rings. The van der Waals surface area contributed by atoms with Gasteiger partial charge in [0, 0.05) is 0 Å². The molecule has 0 aliphatic carbocycles. The predicted octanol–water partition coefficient (Wildman–Crippen LogP) is 1.43. The van der Waals surface area contributed by atoms with Gasteiger partial charge in [-0.25, -0.2) is 8.42 Å². The van der Waals surface area contributed by atoms with Gasteiger partial charge in [0.15, 0.2) is 9.84 Å². The molecule has 0 radical (unpaired) electrons. The second-order valence-corrected chi connectivity index (χ2v) is 5.18. The Labute approximate surface area is 83.9 Å². The van der Waals surface area contributed by atoms with E-state index in [-0.39, 0.29) is 5.75 Å². The summed E-state index contributed by atoms with van der Waals surface area (Å²) in [5, 5.41) is 8.32. The van der Waals surface area contributed by atoms with Crippen LogP contribution in [0.1, 0.15) is 11.1 Å². The molecular formula is C10H11NO2S. The maximum Gasteiger partial charge on any atom is 0.167 e. The molecule has 14 heavy (non-hydrogen) atoms. The van der Waals surface area contributed by atoms with Crippen molar-refractivity contribution in [2.24, 2.45) is 0 Å². The second kappa shape index (κ2) is 4.25. The summed E-state index contributed by atoms with van der Waals surface area (Å²) in [7, 11) is -3.27. The average molecular weight is 209 g/mol. The van der Waals surface area contributed by atoms with Crippen molar-refractivity contribution in [3.63, 3.8) is 0 Å². The van der Waals surface area contributed by atoms with Gasteiger partial charge in [0.05, 0.1) is 11.8 Å². The maximum atomic E-state index is 11.3. The van der Waals surface area contributed by atoms with E-state index in [1.165, 1.54) is 0 Å². The Bertz CT molecular complexity index is 457. The van der Waals surface area contributed by atoms with Crippen molar-refractivity contribution in [2.45, 2.75) is 12.7 Å². The fraction of sp³-hybridized carbons (Fsp3) is 0.300. The van der Waals surface area contributed by atoms with Crippen LogP contribution >= 0.6 is 0 Å². The SMILES string of the molecule is Cc1ccccc1CS(=O)(=O)CC#N. The van der Waals surface area contributed by atoms with Gasteiger partial charge in [-0.05, 0) is 18.1 Å². The van der Waals surface area contributed by atoms with Crippen LogP contribution < -0.4 is 0 Å². The quantitative estimate of drug-likeness (QED) is 0.756. The smallest absolute Gasteiger partial charge is 0.167 e. The van der Waals surface area contributed by atoms with Crippen LogP contribution in [0.3, 0.4) is 0 Å². The van der Waals surface area contributed by atoms with Crippen LogP contribution in [0.4, 0.5) is 0 Å². The molecule has 0 spiro atoms. The minimum Gasteiger partial charge on any atom is -0.227 e. The van der Waals surface area contributed by atoms with Gasteiger partial charge in [-0.3, -0.25) is 0 Å². The number of sulfone groups is 1. The summed E-state index contributed by atoms with van der Waals surface area (Å²) in [4.78, 5) is 0. The first kappa shape index (κ1) is 10.7. The minimum absolute atomic E-state index is 0.0484. The second-order valence-electron chi connectivity index (χ2n) is 3.12. The van der Waals surface area contributed by atoms with Crippen molar-refractivity contribution in [3.05, 3.63) is 35.4 Å². The molecule has 0 aromatic heterocycles. The van der Waals surface area contributed by atoms with Crippen LogP contribution in [0, 0.1) is 18.3 Å². The van der Waals surface area contributed by atoms with E-state index in [4.69, 9.17) is 5.26 Å². The number of nitriles is 1. The molecular weight excluding hydrogens is 198 g/mol. The van der Waals surface area contributed by atoms with E-state index >= 15 is 0 Å². The molecule has 0 atom stereocenters. The van der Waals surface area contributed by atoms with Crippen molar-refractivity contribution in [1.82, 2.24) is 0 Å². The molecule has 1 rings (SSSR count). The van der Waals surface area contributed by atoms with Crippen LogP contribution in [-0.4, -0.2) is 14.2 Å². The third kappa shape index (κ3) is 2.86. The Kier molecular flexibility index (Phi) is 3.26. The van der Waals surface area contributed by atoms with Crippen LogP contribution in [0.5, 0.6) is 0 Å². The number of aryl methyl sites for hydroxylation is 1. The molecule has 0 N–H and O–H groups in total. The summed E-state index contributed by atoms with van der Waals surface area (Å²) in [6.45, 7) is 1.86. The van der Waals surface area contributed by atoms with Gasteiger partial charge < -0.3 is 0 Å².